The van der Waals surface area contributed by atoms with Crippen LogP contribution in [0.2, 0.25) is 0 Å². The van der Waals surface area contributed by atoms with E-state index in [1.807, 2.05) is 43.7 Å². The van der Waals surface area contributed by atoms with E-state index < -0.39 is 0 Å². The molecule has 2 heterocycles. The van der Waals surface area contributed by atoms with E-state index in [1.165, 1.54) is 0 Å². The van der Waals surface area contributed by atoms with E-state index in [1.54, 1.807) is 11.8 Å². The van der Waals surface area contributed by atoms with Gasteiger partial charge in [0, 0.05) is 6.20 Å². The van der Waals surface area contributed by atoms with Crippen LogP contribution >= 0.6 is 11.8 Å². The maximum absolute atomic E-state index is 12.7. The van der Waals surface area contributed by atoms with Gasteiger partial charge in [-0.1, -0.05) is 54.2 Å². The predicted molar refractivity (Wildman–Crippen MR) is 102 cm³/mol. The largest absolute Gasteiger partial charge is 0.463 e. The smallest absolute Gasteiger partial charge is 0.338 e. The number of nitrogens with zero attached hydrogens (tertiary/aromatic N) is 2. The van der Waals surface area contributed by atoms with Crippen molar-refractivity contribution >= 4 is 33.7 Å². The average molecular weight is 350 g/mol. The summed E-state index contributed by atoms with van der Waals surface area (Å²) in [5, 5.41) is 5.18. The van der Waals surface area contributed by atoms with Gasteiger partial charge in [0.1, 0.15) is 0 Å². The van der Waals surface area contributed by atoms with Crippen LogP contribution in [-0.2, 0) is 9.53 Å². The van der Waals surface area contributed by atoms with Crippen molar-refractivity contribution in [1.82, 2.24) is 4.90 Å². The zero-order valence-electron chi connectivity index (χ0n) is 14.1. The number of rotatable bonds is 3. The number of hydrogen-bond acceptors (Lipinski definition) is 5. The highest BCUT2D eigenvalue weighted by molar-refractivity contribution is 8.16. The van der Waals surface area contributed by atoms with Gasteiger partial charge in [-0.2, -0.15) is 0 Å². The fourth-order valence-corrected chi connectivity index (χ4v) is 4.16. The van der Waals surface area contributed by atoms with Crippen molar-refractivity contribution in [2.75, 3.05) is 6.61 Å². The monoisotopic (exact) mass is 350 g/mol. The van der Waals surface area contributed by atoms with Crippen molar-refractivity contribution in [1.29, 1.82) is 0 Å². The van der Waals surface area contributed by atoms with E-state index in [9.17, 15) is 4.79 Å². The number of carbonyl (C=O) groups excluding carboxylic acids is 1. The van der Waals surface area contributed by atoms with Gasteiger partial charge >= 0.3 is 5.97 Å². The Morgan fingerprint density at radius 1 is 1.24 bits per heavy atom. The Hall–Kier alpha value is -2.53. The van der Waals surface area contributed by atoms with Crippen LogP contribution in [0.4, 0.5) is 0 Å². The van der Waals surface area contributed by atoms with Crippen LogP contribution in [0.15, 0.2) is 70.3 Å². The van der Waals surface area contributed by atoms with E-state index >= 15 is 0 Å². The third-order valence-corrected chi connectivity index (χ3v) is 5.20. The number of aliphatic imine (C=N–C) groups is 1. The molecule has 126 valence electrons. The second kappa shape index (κ2) is 6.41. The third kappa shape index (κ3) is 2.65. The molecule has 4 nitrogen and oxygen atoms in total. The van der Waals surface area contributed by atoms with Crippen LogP contribution in [0.25, 0.3) is 10.8 Å². The maximum atomic E-state index is 12.7. The predicted octanol–water partition coefficient (Wildman–Crippen LogP) is 4.61. The molecule has 0 fully saturated rings. The second-order valence-electron chi connectivity index (χ2n) is 5.90. The first kappa shape index (κ1) is 16.0. The summed E-state index contributed by atoms with van der Waals surface area (Å²) >= 11 is 1.57. The highest BCUT2D eigenvalue weighted by atomic mass is 32.2. The normalized spacial score (nSPS) is 19.2. The molecule has 2 aromatic rings. The zero-order chi connectivity index (χ0) is 17.4. The summed E-state index contributed by atoms with van der Waals surface area (Å²) < 4.78 is 5.34. The quantitative estimate of drug-likeness (QED) is 0.758. The summed E-state index contributed by atoms with van der Waals surface area (Å²) in [6, 6.07) is 14.2. The van der Waals surface area contributed by atoms with Gasteiger partial charge in [0.2, 0.25) is 0 Å². The molecule has 2 aromatic carbocycles. The van der Waals surface area contributed by atoms with Gasteiger partial charge < -0.3 is 9.64 Å². The molecule has 4 rings (SSSR count). The van der Waals surface area contributed by atoms with Gasteiger partial charge in [-0.3, -0.25) is 0 Å². The van der Waals surface area contributed by atoms with E-state index in [2.05, 4.69) is 34.2 Å². The maximum Gasteiger partial charge on any atom is 0.338 e. The topological polar surface area (TPSA) is 41.9 Å². The fourth-order valence-electron chi connectivity index (χ4n) is 3.37. The SMILES string of the molecule is CCOC(=O)C1=C(C)N=C2SC=CN2C1c1cccc2ccccc12. The minimum Gasteiger partial charge on any atom is -0.463 e. The van der Waals surface area contributed by atoms with Crippen LogP contribution in [0, 0.1) is 0 Å². The molecule has 0 saturated carbocycles. The number of hydrogen-bond donors (Lipinski definition) is 0. The number of benzene rings is 2. The Kier molecular flexibility index (Phi) is 4.09. The minimum absolute atomic E-state index is 0.233. The molecule has 2 aliphatic rings. The number of ether oxygens (including phenoxy) is 1. The lowest BCUT2D eigenvalue weighted by Crippen LogP contribution is -2.34. The van der Waals surface area contributed by atoms with Crippen LogP contribution in [0.5, 0.6) is 0 Å². The number of fused-ring (bicyclic) bond motifs is 2. The first-order valence-corrected chi connectivity index (χ1v) is 9.14. The van der Waals surface area contributed by atoms with E-state index in [-0.39, 0.29) is 12.0 Å². The summed E-state index contributed by atoms with van der Waals surface area (Å²) in [5.74, 6) is -0.300. The van der Waals surface area contributed by atoms with Gasteiger partial charge in [0.05, 0.1) is 23.9 Å². The van der Waals surface area contributed by atoms with Crippen molar-refractivity contribution in [2.45, 2.75) is 19.9 Å². The van der Waals surface area contributed by atoms with Crippen molar-refractivity contribution in [2.24, 2.45) is 4.99 Å². The average Bonchev–Trinajstić information content (AvgIpc) is 3.08. The first-order chi connectivity index (χ1) is 12.2. The summed E-state index contributed by atoms with van der Waals surface area (Å²) in [6.07, 6.45) is 1.99. The number of thioether (sulfide) groups is 1. The molecule has 1 unspecified atom stereocenters. The molecule has 2 aliphatic heterocycles. The van der Waals surface area contributed by atoms with Crippen LogP contribution in [-0.4, -0.2) is 22.6 Å². The van der Waals surface area contributed by atoms with Crippen molar-refractivity contribution in [3.8, 4) is 0 Å². The lowest BCUT2D eigenvalue weighted by molar-refractivity contribution is -0.139. The third-order valence-electron chi connectivity index (χ3n) is 4.43. The van der Waals surface area contributed by atoms with Gasteiger partial charge in [-0.15, -0.1) is 0 Å². The van der Waals surface area contributed by atoms with Crippen LogP contribution in [0.1, 0.15) is 25.5 Å². The number of allylic oxidation sites excluding steroid dienone is 1. The second-order valence-corrected chi connectivity index (χ2v) is 6.77. The Morgan fingerprint density at radius 2 is 2.04 bits per heavy atom. The van der Waals surface area contributed by atoms with Crippen molar-refractivity contribution in [3.05, 3.63) is 70.9 Å². The van der Waals surface area contributed by atoms with E-state index in [0.29, 0.717) is 12.2 Å². The molecule has 0 amide bonds. The molecule has 0 N–H and O–H groups in total. The summed E-state index contributed by atoms with van der Waals surface area (Å²) in [5.41, 5.74) is 2.41. The van der Waals surface area contributed by atoms with E-state index in [0.717, 1.165) is 27.2 Å². The lowest BCUT2D eigenvalue weighted by Gasteiger charge is -2.34. The molecule has 0 radical (unpaired) electrons. The lowest BCUT2D eigenvalue weighted by atomic mass is 9.91. The van der Waals surface area contributed by atoms with Crippen molar-refractivity contribution in [3.63, 3.8) is 0 Å². The van der Waals surface area contributed by atoms with Crippen molar-refractivity contribution < 1.29 is 9.53 Å². The Bertz CT molecular complexity index is 940. The summed E-state index contributed by atoms with van der Waals surface area (Å²) in [4.78, 5) is 19.4. The Balaban J connectivity index is 1.94. The zero-order valence-corrected chi connectivity index (χ0v) is 14.9. The standard InChI is InChI=1S/C20H18N2O2S/c1-3-24-19(23)17-13(2)21-20-22(11-12-25-20)18(17)16-10-6-8-14-7-4-5-9-15(14)16/h4-12,18H,3H2,1-2H3. The highest BCUT2D eigenvalue weighted by Crippen LogP contribution is 2.42. The van der Waals surface area contributed by atoms with Gasteiger partial charge in [0.15, 0.2) is 5.17 Å². The summed E-state index contributed by atoms with van der Waals surface area (Å²) in [6.45, 7) is 4.05. The molecule has 0 spiro atoms. The first-order valence-electron chi connectivity index (χ1n) is 8.26. The Morgan fingerprint density at radius 3 is 2.88 bits per heavy atom. The number of amidine groups is 1. The van der Waals surface area contributed by atoms with Gasteiger partial charge in [0.25, 0.3) is 0 Å². The molecule has 25 heavy (non-hydrogen) atoms. The van der Waals surface area contributed by atoms with Gasteiger partial charge in [-0.05, 0) is 35.6 Å². The summed E-state index contributed by atoms with van der Waals surface area (Å²) in [7, 11) is 0. The number of carbonyl (C=O) groups is 1. The molecule has 0 aliphatic carbocycles. The van der Waals surface area contributed by atoms with Crippen LogP contribution in [0.3, 0.4) is 0 Å². The molecule has 0 saturated heterocycles. The molecular weight excluding hydrogens is 332 g/mol. The fraction of sp³-hybridized carbons (Fsp3) is 0.200. The molecular formula is C20H18N2O2S. The molecule has 0 bridgehead atoms. The Labute approximate surface area is 150 Å². The van der Waals surface area contributed by atoms with Gasteiger partial charge in [-0.25, -0.2) is 9.79 Å². The van der Waals surface area contributed by atoms with Crippen LogP contribution < -0.4 is 0 Å². The van der Waals surface area contributed by atoms with E-state index in [4.69, 9.17) is 4.74 Å². The highest BCUT2D eigenvalue weighted by Gasteiger charge is 2.37. The number of esters is 1. The molecule has 0 aromatic heterocycles. The molecule has 5 heteroatoms. The minimum atomic E-state index is -0.300. The molecule has 1 atom stereocenters.